The Bertz CT molecular complexity index is 604. The fourth-order valence-corrected chi connectivity index (χ4v) is 3.17. The molecule has 0 amide bonds. The van der Waals surface area contributed by atoms with Gasteiger partial charge < -0.3 is 5.32 Å². The monoisotopic (exact) mass is 268 g/mol. The average molecular weight is 268 g/mol. The lowest BCUT2D eigenvalue weighted by Gasteiger charge is -2.21. The van der Waals surface area contributed by atoms with E-state index in [0.717, 1.165) is 6.42 Å². The van der Waals surface area contributed by atoms with E-state index in [1.54, 1.807) is 0 Å². The molecule has 1 aliphatic rings. The third-order valence-electron chi connectivity index (χ3n) is 4.28. The molecule has 0 radical (unpaired) electrons. The molecule has 1 saturated heterocycles. The van der Waals surface area contributed by atoms with Gasteiger partial charge >= 0.3 is 0 Å². The molecular formula is C18H24N2. The van der Waals surface area contributed by atoms with E-state index in [0.29, 0.717) is 6.04 Å². The molecule has 1 unspecified atom stereocenters. The highest BCUT2D eigenvalue weighted by Gasteiger charge is 2.18. The Labute approximate surface area is 121 Å². The van der Waals surface area contributed by atoms with Gasteiger partial charge in [-0.15, -0.1) is 0 Å². The summed E-state index contributed by atoms with van der Waals surface area (Å²) in [6.07, 6.45) is 7.76. The number of hydrogen-bond acceptors (Lipinski definition) is 2. The van der Waals surface area contributed by atoms with Gasteiger partial charge in [0.2, 0.25) is 0 Å². The largest absolute Gasteiger partial charge is 0.314 e. The fraction of sp³-hybridized carbons (Fsp3) is 0.500. The molecule has 106 valence electrons. The van der Waals surface area contributed by atoms with Crippen LogP contribution in [0.4, 0.5) is 0 Å². The van der Waals surface area contributed by atoms with Crippen molar-refractivity contribution in [1.29, 1.82) is 0 Å². The summed E-state index contributed by atoms with van der Waals surface area (Å²) in [5.41, 5.74) is 2.89. The molecule has 1 aliphatic heterocycles. The molecule has 2 nitrogen and oxygen atoms in total. The Hall–Kier alpha value is -1.41. The first-order valence-electron chi connectivity index (χ1n) is 7.64. The van der Waals surface area contributed by atoms with E-state index >= 15 is 0 Å². The van der Waals surface area contributed by atoms with Gasteiger partial charge in [0.05, 0.1) is 0 Å². The van der Waals surface area contributed by atoms with Gasteiger partial charge in [0.1, 0.15) is 0 Å². The van der Waals surface area contributed by atoms with Crippen LogP contribution in [0.15, 0.2) is 30.6 Å². The Morgan fingerprint density at radius 3 is 2.80 bits per heavy atom. The minimum Gasteiger partial charge on any atom is -0.314 e. The summed E-state index contributed by atoms with van der Waals surface area (Å²) in [6, 6.07) is 7.54. The highest BCUT2D eigenvalue weighted by Crippen LogP contribution is 2.29. The Morgan fingerprint density at radius 1 is 1.25 bits per heavy atom. The van der Waals surface area contributed by atoms with Crippen molar-refractivity contribution in [3.63, 3.8) is 0 Å². The maximum atomic E-state index is 4.44. The number of aromatic nitrogens is 1. The third kappa shape index (κ3) is 2.71. The smallest absolute Gasteiger partial charge is 0.0346 e. The lowest BCUT2D eigenvalue weighted by Crippen LogP contribution is -2.23. The van der Waals surface area contributed by atoms with Crippen molar-refractivity contribution in [2.45, 2.75) is 51.5 Å². The van der Waals surface area contributed by atoms with Crippen LogP contribution < -0.4 is 5.32 Å². The van der Waals surface area contributed by atoms with Crippen molar-refractivity contribution >= 4 is 10.8 Å². The minimum absolute atomic E-state index is 0.140. The van der Waals surface area contributed by atoms with Gasteiger partial charge in [0, 0.05) is 23.8 Å². The zero-order chi connectivity index (χ0) is 14.2. The van der Waals surface area contributed by atoms with Crippen LogP contribution in [0.1, 0.15) is 44.7 Å². The van der Waals surface area contributed by atoms with Gasteiger partial charge in [0.15, 0.2) is 0 Å². The van der Waals surface area contributed by atoms with Crippen LogP contribution in [0.25, 0.3) is 10.8 Å². The van der Waals surface area contributed by atoms with Gasteiger partial charge in [-0.05, 0) is 53.8 Å². The summed E-state index contributed by atoms with van der Waals surface area (Å²) < 4.78 is 0. The second-order valence-corrected chi connectivity index (χ2v) is 6.99. The van der Waals surface area contributed by atoms with Crippen molar-refractivity contribution in [2.75, 3.05) is 6.54 Å². The Balaban J connectivity index is 1.95. The summed E-state index contributed by atoms with van der Waals surface area (Å²) in [5, 5.41) is 6.19. The van der Waals surface area contributed by atoms with Crippen molar-refractivity contribution in [3.8, 4) is 0 Å². The average Bonchev–Trinajstić information content (AvgIpc) is 2.89. The Morgan fingerprint density at radius 2 is 2.10 bits per heavy atom. The van der Waals surface area contributed by atoms with Crippen molar-refractivity contribution in [2.24, 2.45) is 0 Å². The molecule has 0 saturated carbocycles. The van der Waals surface area contributed by atoms with Gasteiger partial charge in [-0.1, -0.05) is 32.9 Å². The maximum Gasteiger partial charge on any atom is 0.0346 e. The molecule has 1 aromatic carbocycles. The molecule has 20 heavy (non-hydrogen) atoms. The van der Waals surface area contributed by atoms with Gasteiger partial charge in [-0.2, -0.15) is 0 Å². The van der Waals surface area contributed by atoms with E-state index in [9.17, 15) is 0 Å². The summed E-state index contributed by atoms with van der Waals surface area (Å²) in [5.74, 6) is 0. The van der Waals surface area contributed by atoms with Gasteiger partial charge in [0.25, 0.3) is 0 Å². The number of nitrogens with one attached hydrogen (secondary N) is 1. The summed E-state index contributed by atoms with van der Waals surface area (Å²) in [4.78, 5) is 4.44. The van der Waals surface area contributed by atoms with E-state index in [1.807, 2.05) is 12.4 Å². The quantitative estimate of drug-likeness (QED) is 0.895. The predicted octanol–water partition coefficient (Wildman–Crippen LogP) is 3.83. The first kappa shape index (κ1) is 13.6. The molecule has 2 heterocycles. The molecule has 1 fully saturated rings. The molecule has 0 bridgehead atoms. The summed E-state index contributed by atoms with van der Waals surface area (Å²) in [6.45, 7) is 7.92. The van der Waals surface area contributed by atoms with E-state index < -0.39 is 0 Å². The predicted molar refractivity (Wildman–Crippen MR) is 85.2 cm³/mol. The highest BCUT2D eigenvalue weighted by atomic mass is 14.9. The van der Waals surface area contributed by atoms with Gasteiger partial charge in [-0.25, -0.2) is 0 Å². The van der Waals surface area contributed by atoms with E-state index in [1.165, 1.54) is 41.3 Å². The molecule has 3 rings (SSSR count). The number of fused-ring (bicyclic) bond motifs is 1. The van der Waals surface area contributed by atoms with Crippen LogP contribution in [0, 0.1) is 0 Å². The minimum atomic E-state index is 0.140. The van der Waals surface area contributed by atoms with Crippen molar-refractivity contribution < 1.29 is 0 Å². The Kier molecular flexibility index (Phi) is 3.51. The molecule has 0 spiro atoms. The third-order valence-corrected chi connectivity index (χ3v) is 4.28. The topological polar surface area (TPSA) is 24.9 Å². The lowest BCUT2D eigenvalue weighted by atomic mass is 9.85. The zero-order valence-corrected chi connectivity index (χ0v) is 12.7. The fourth-order valence-electron chi connectivity index (χ4n) is 3.17. The highest BCUT2D eigenvalue weighted by molar-refractivity contribution is 5.86. The molecule has 2 aromatic rings. The van der Waals surface area contributed by atoms with Crippen LogP contribution in [0.5, 0.6) is 0 Å². The van der Waals surface area contributed by atoms with Crippen LogP contribution in [0.2, 0.25) is 0 Å². The van der Waals surface area contributed by atoms with Crippen LogP contribution in [0.3, 0.4) is 0 Å². The standard InChI is InChI=1S/C18H24N2/c1-18(2,3)17-12-19-11-14-9-13(6-7-16(14)17)10-15-5-4-8-20-15/h6-7,9,11-12,15,20H,4-5,8,10H2,1-3H3. The lowest BCUT2D eigenvalue weighted by molar-refractivity contribution is 0.593. The number of nitrogens with zero attached hydrogens (tertiary/aromatic N) is 1. The summed E-state index contributed by atoms with van der Waals surface area (Å²) >= 11 is 0. The number of hydrogen-bond donors (Lipinski definition) is 1. The molecular weight excluding hydrogens is 244 g/mol. The van der Waals surface area contributed by atoms with Crippen LogP contribution in [-0.4, -0.2) is 17.6 Å². The second kappa shape index (κ2) is 5.17. The second-order valence-electron chi connectivity index (χ2n) is 6.99. The first-order valence-corrected chi connectivity index (χ1v) is 7.64. The van der Waals surface area contributed by atoms with Crippen molar-refractivity contribution in [3.05, 3.63) is 41.7 Å². The normalized spacial score (nSPS) is 19.6. The molecule has 0 aliphatic carbocycles. The molecule has 1 atom stereocenters. The van der Waals surface area contributed by atoms with Crippen LogP contribution in [-0.2, 0) is 11.8 Å². The number of benzene rings is 1. The van der Waals surface area contributed by atoms with Crippen LogP contribution >= 0.6 is 0 Å². The zero-order valence-electron chi connectivity index (χ0n) is 12.7. The van der Waals surface area contributed by atoms with Gasteiger partial charge in [-0.3, -0.25) is 4.98 Å². The molecule has 1 aromatic heterocycles. The number of pyridine rings is 1. The van der Waals surface area contributed by atoms with E-state index in [4.69, 9.17) is 0 Å². The number of rotatable bonds is 2. The molecule has 2 heteroatoms. The van der Waals surface area contributed by atoms with E-state index in [-0.39, 0.29) is 5.41 Å². The first-order chi connectivity index (χ1) is 9.54. The maximum absolute atomic E-state index is 4.44. The van der Waals surface area contributed by atoms with Crippen molar-refractivity contribution in [1.82, 2.24) is 10.3 Å². The molecule has 1 N–H and O–H groups in total. The SMILES string of the molecule is CC(C)(C)c1cncc2cc(CC3CCCN3)ccc12. The van der Waals surface area contributed by atoms with E-state index in [2.05, 4.69) is 49.3 Å². The summed E-state index contributed by atoms with van der Waals surface area (Å²) in [7, 11) is 0.